The SMILES string of the molecule is Cc1ccc(NC(=O)NCc2nc(-c3cccc(Cl)c3)oc2C)cc1. The van der Waals surface area contributed by atoms with Gasteiger partial charge in [0.05, 0.1) is 6.54 Å². The molecule has 25 heavy (non-hydrogen) atoms. The minimum atomic E-state index is -0.296. The number of amides is 2. The third kappa shape index (κ3) is 4.39. The lowest BCUT2D eigenvalue weighted by molar-refractivity contribution is 0.251. The van der Waals surface area contributed by atoms with Crippen molar-refractivity contribution in [3.05, 3.63) is 70.6 Å². The van der Waals surface area contributed by atoms with Crippen molar-refractivity contribution in [1.82, 2.24) is 10.3 Å². The van der Waals surface area contributed by atoms with E-state index >= 15 is 0 Å². The van der Waals surface area contributed by atoms with Crippen LogP contribution < -0.4 is 10.6 Å². The van der Waals surface area contributed by atoms with Crippen molar-refractivity contribution in [2.45, 2.75) is 20.4 Å². The number of halogens is 1. The van der Waals surface area contributed by atoms with E-state index in [1.165, 1.54) is 0 Å². The number of hydrogen-bond donors (Lipinski definition) is 2. The van der Waals surface area contributed by atoms with E-state index in [1.54, 1.807) is 12.1 Å². The fraction of sp³-hybridized carbons (Fsp3) is 0.158. The largest absolute Gasteiger partial charge is 0.441 e. The molecule has 2 amide bonds. The number of rotatable bonds is 4. The highest BCUT2D eigenvalue weighted by atomic mass is 35.5. The van der Waals surface area contributed by atoms with Crippen LogP contribution in [0.4, 0.5) is 10.5 Å². The molecule has 0 fully saturated rings. The van der Waals surface area contributed by atoms with Crippen molar-refractivity contribution >= 4 is 23.3 Å². The summed E-state index contributed by atoms with van der Waals surface area (Å²) >= 11 is 6.00. The van der Waals surface area contributed by atoms with Crippen LogP contribution in [0.3, 0.4) is 0 Å². The van der Waals surface area contributed by atoms with E-state index in [0.29, 0.717) is 22.4 Å². The molecule has 0 spiro atoms. The number of hydrogen-bond acceptors (Lipinski definition) is 3. The van der Waals surface area contributed by atoms with Gasteiger partial charge in [-0.3, -0.25) is 0 Å². The Morgan fingerprint density at radius 1 is 1.16 bits per heavy atom. The molecule has 0 atom stereocenters. The van der Waals surface area contributed by atoms with Crippen molar-refractivity contribution in [2.75, 3.05) is 5.32 Å². The van der Waals surface area contributed by atoms with Crippen LogP contribution in [-0.2, 0) is 6.54 Å². The van der Waals surface area contributed by atoms with E-state index < -0.39 is 0 Å². The Hall–Kier alpha value is -2.79. The van der Waals surface area contributed by atoms with Crippen molar-refractivity contribution < 1.29 is 9.21 Å². The Kier molecular flexibility index (Phi) is 5.05. The van der Waals surface area contributed by atoms with E-state index in [9.17, 15) is 4.79 Å². The first-order chi connectivity index (χ1) is 12.0. The number of nitrogens with zero attached hydrogens (tertiary/aromatic N) is 1. The molecule has 0 unspecified atom stereocenters. The summed E-state index contributed by atoms with van der Waals surface area (Å²) in [6.45, 7) is 4.08. The Morgan fingerprint density at radius 2 is 1.92 bits per heavy atom. The third-order valence-corrected chi connectivity index (χ3v) is 3.93. The number of aromatic nitrogens is 1. The second-order valence-electron chi connectivity index (χ2n) is 5.71. The minimum Gasteiger partial charge on any atom is -0.441 e. The van der Waals surface area contributed by atoms with E-state index in [4.69, 9.17) is 16.0 Å². The average molecular weight is 356 g/mol. The highest BCUT2D eigenvalue weighted by molar-refractivity contribution is 6.30. The monoisotopic (exact) mass is 355 g/mol. The minimum absolute atomic E-state index is 0.271. The fourth-order valence-electron chi connectivity index (χ4n) is 2.31. The number of carbonyl (C=O) groups is 1. The van der Waals surface area contributed by atoms with Gasteiger partial charge in [-0.2, -0.15) is 0 Å². The summed E-state index contributed by atoms with van der Waals surface area (Å²) in [6, 6.07) is 14.6. The molecule has 0 bridgehead atoms. The van der Waals surface area contributed by atoms with Crippen LogP contribution in [-0.4, -0.2) is 11.0 Å². The second-order valence-corrected chi connectivity index (χ2v) is 6.14. The molecule has 1 aromatic heterocycles. The van der Waals surface area contributed by atoms with Crippen LogP contribution >= 0.6 is 11.6 Å². The number of urea groups is 1. The molecule has 3 rings (SSSR count). The second kappa shape index (κ2) is 7.40. The average Bonchev–Trinajstić information content (AvgIpc) is 2.96. The fourth-order valence-corrected chi connectivity index (χ4v) is 2.50. The van der Waals surface area contributed by atoms with E-state index in [1.807, 2.05) is 50.2 Å². The quantitative estimate of drug-likeness (QED) is 0.697. The highest BCUT2D eigenvalue weighted by Crippen LogP contribution is 2.24. The van der Waals surface area contributed by atoms with Gasteiger partial charge in [-0.15, -0.1) is 0 Å². The molecule has 0 aliphatic rings. The maximum atomic E-state index is 12.0. The predicted molar refractivity (Wildman–Crippen MR) is 98.7 cm³/mol. The van der Waals surface area contributed by atoms with Crippen LogP contribution in [0, 0.1) is 13.8 Å². The maximum Gasteiger partial charge on any atom is 0.319 e. The van der Waals surface area contributed by atoms with Crippen LogP contribution in [0.15, 0.2) is 52.9 Å². The normalized spacial score (nSPS) is 10.5. The lowest BCUT2D eigenvalue weighted by Gasteiger charge is -2.06. The van der Waals surface area contributed by atoms with Crippen LogP contribution in [0.2, 0.25) is 5.02 Å². The number of anilines is 1. The van der Waals surface area contributed by atoms with Crippen LogP contribution in [0.25, 0.3) is 11.5 Å². The number of benzene rings is 2. The molecule has 0 aliphatic carbocycles. The molecule has 2 aromatic carbocycles. The van der Waals surface area contributed by atoms with Gasteiger partial charge < -0.3 is 15.1 Å². The summed E-state index contributed by atoms with van der Waals surface area (Å²) in [5.41, 5.74) is 3.34. The molecule has 6 heteroatoms. The van der Waals surface area contributed by atoms with Gasteiger partial charge in [0, 0.05) is 16.3 Å². The van der Waals surface area contributed by atoms with Gasteiger partial charge in [0.25, 0.3) is 0 Å². The Balaban J connectivity index is 1.63. The number of nitrogens with one attached hydrogen (secondary N) is 2. The molecule has 0 radical (unpaired) electrons. The third-order valence-electron chi connectivity index (χ3n) is 3.69. The lowest BCUT2D eigenvalue weighted by atomic mass is 10.2. The summed E-state index contributed by atoms with van der Waals surface area (Å²) in [4.78, 5) is 16.4. The highest BCUT2D eigenvalue weighted by Gasteiger charge is 2.12. The van der Waals surface area contributed by atoms with Crippen molar-refractivity contribution in [3.63, 3.8) is 0 Å². The molecule has 0 saturated carbocycles. The summed E-state index contributed by atoms with van der Waals surface area (Å²) < 4.78 is 5.68. The van der Waals surface area contributed by atoms with Crippen molar-refractivity contribution in [1.29, 1.82) is 0 Å². The summed E-state index contributed by atoms with van der Waals surface area (Å²) in [6.07, 6.45) is 0. The van der Waals surface area contributed by atoms with Crippen LogP contribution in [0.1, 0.15) is 17.0 Å². The lowest BCUT2D eigenvalue weighted by Crippen LogP contribution is -2.28. The number of carbonyl (C=O) groups excluding carboxylic acids is 1. The first-order valence-electron chi connectivity index (χ1n) is 7.85. The first kappa shape index (κ1) is 17.0. The molecular weight excluding hydrogens is 338 g/mol. The molecule has 128 valence electrons. The molecule has 0 saturated heterocycles. The van der Waals surface area contributed by atoms with Crippen LogP contribution in [0.5, 0.6) is 0 Å². The molecular formula is C19H18ClN3O2. The van der Waals surface area contributed by atoms with Crippen molar-refractivity contribution in [3.8, 4) is 11.5 Å². The van der Waals surface area contributed by atoms with Gasteiger partial charge in [-0.05, 0) is 44.2 Å². The Bertz CT molecular complexity index is 888. The zero-order chi connectivity index (χ0) is 17.8. The predicted octanol–water partition coefficient (Wildman–Crippen LogP) is 4.93. The molecule has 3 aromatic rings. The van der Waals surface area contributed by atoms with Gasteiger partial charge in [0.15, 0.2) is 0 Å². The molecule has 1 heterocycles. The standard InChI is InChI=1S/C19H18ClN3O2/c1-12-6-8-16(9-7-12)22-19(24)21-11-17-13(2)25-18(23-17)14-4-3-5-15(20)10-14/h3-10H,11H2,1-2H3,(H2,21,22,24). The van der Waals surface area contributed by atoms with Gasteiger partial charge in [0.1, 0.15) is 11.5 Å². The number of aryl methyl sites for hydroxylation is 2. The number of oxazole rings is 1. The summed E-state index contributed by atoms with van der Waals surface area (Å²) in [7, 11) is 0. The maximum absolute atomic E-state index is 12.0. The van der Waals surface area contributed by atoms with Gasteiger partial charge in [0.2, 0.25) is 5.89 Å². The van der Waals surface area contributed by atoms with E-state index in [0.717, 1.165) is 16.8 Å². The molecule has 0 aliphatic heterocycles. The zero-order valence-electron chi connectivity index (χ0n) is 14.0. The van der Waals surface area contributed by atoms with Gasteiger partial charge in [-0.25, -0.2) is 9.78 Å². The summed E-state index contributed by atoms with van der Waals surface area (Å²) in [5, 5.41) is 6.18. The Morgan fingerprint density at radius 3 is 2.64 bits per heavy atom. The molecule has 2 N–H and O–H groups in total. The summed E-state index contributed by atoms with van der Waals surface area (Å²) in [5.74, 6) is 1.14. The smallest absolute Gasteiger partial charge is 0.319 e. The van der Waals surface area contributed by atoms with E-state index in [-0.39, 0.29) is 12.6 Å². The van der Waals surface area contributed by atoms with Crippen molar-refractivity contribution in [2.24, 2.45) is 0 Å². The zero-order valence-corrected chi connectivity index (χ0v) is 14.7. The molecule has 5 nitrogen and oxygen atoms in total. The van der Waals surface area contributed by atoms with Gasteiger partial charge in [-0.1, -0.05) is 35.4 Å². The van der Waals surface area contributed by atoms with E-state index in [2.05, 4.69) is 15.6 Å². The van der Waals surface area contributed by atoms with Gasteiger partial charge >= 0.3 is 6.03 Å². The first-order valence-corrected chi connectivity index (χ1v) is 8.23. The topological polar surface area (TPSA) is 67.2 Å². The Labute approximate surface area is 151 Å².